The van der Waals surface area contributed by atoms with Gasteiger partial charge in [-0.3, -0.25) is 0 Å². The smallest absolute Gasteiger partial charge is 0.366 e. The molecule has 1 heterocycles. The molecule has 8 heteroatoms. The first-order valence-electron chi connectivity index (χ1n) is 7.80. The molecule has 0 fully saturated rings. The second-order valence-electron chi connectivity index (χ2n) is 5.82. The third kappa shape index (κ3) is 4.66. The summed E-state index contributed by atoms with van der Waals surface area (Å²) in [4.78, 5) is 9.49. The van der Waals surface area contributed by atoms with Gasteiger partial charge in [0.2, 0.25) is 0 Å². The molecular weight excluding hydrogens is 336 g/mol. The van der Waals surface area contributed by atoms with Gasteiger partial charge in [-0.1, -0.05) is 19.1 Å². The summed E-state index contributed by atoms with van der Waals surface area (Å²) in [5, 5.41) is 2.88. The van der Waals surface area contributed by atoms with Crippen molar-refractivity contribution in [3.63, 3.8) is 0 Å². The van der Waals surface area contributed by atoms with Crippen LogP contribution in [0.1, 0.15) is 29.8 Å². The summed E-state index contributed by atoms with van der Waals surface area (Å²) in [5.41, 5.74) is 0.0637. The van der Waals surface area contributed by atoms with Crippen LogP contribution in [-0.4, -0.2) is 35.5 Å². The number of halogens is 4. The van der Waals surface area contributed by atoms with Crippen molar-refractivity contribution in [2.24, 2.45) is 0 Å². The van der Waals surface area contributed by atoms with Crippen LogP contribution in [0.5, 0.6) is 0 Å². The maximum atomic E-state index is 14.2. The number of aryl methyl sites for hydroxylation is 1. The van der Waals surface area contributed by atoms with E-state index in [1.54, 1.807) is 32.0 Å². The molecule has 1 aromatic heterocycles. The molecule has 4 nitrogen and oxygen atoms in total. The zero-order chi connectivity index (χ0) is 18.6. The van der Waals surface area contributed by atoms with Crippen LogP contribution in [0.15, 0.2) is 30.6 Å². The predicted octanol–water partition coefficient (Wildman–Crippen LogP) is 3.91. The summed E-state index contributed by atoms with van der Waals surface area (Å²) in [6, 6.07) is 4.74. The fourth-order valence-electron chi connectivity index (χ4n) is 2.49. The number of anilines is 1. The molecule has 0 aliphatic heterocycles. The van der Waals surface area contributed by atoms with Crippen LogP contribution in [0, 0.1) is 5.82 Å². The van der Waals surface area contributed by atoms with Gasteiger partial charge in [-0.15, -0.1) is 0 Å². The first kappa shape index (κ1) is 19.1. The van der Waals surface area contributed by atoms with Gasteiger partial charge in [0.1, 0.15) is 6.33 Å². The number of hydrogen-bond donors (Lipinski definition) is 1. The molecule has 1 unspecified atom stereocenters. The molecule has 0 amide bonds. The largest absolute Gasteiger partial charge is 0.416 e. The lowest BCUT2D eigenvalue weighted by Gasteiger charge is -2.26. The summed E-state index contributed by atoms with van der Waals surface area (Å²) in [6.07, 6.45) is -2.72. The van der Waals surface area contributed by atoms with Gasteiger partial charge in [-0.05, 0) is 38.2 Å². The molecule has 2 aromatic rings. The van der Waals surface area contributed by atoms with Crippen LogP contribution in [-0.2, 0) is 12.6 Å². The summed E-state index contributed by atoms with van der Waals surface area (Å²) in [5.74, 6) is -0.489. The molecule has 2 rings (SSSR count). The third-order valence-corrected chi connectivity index (χ3v) is 3.88. The normalized spacial score (nSPS) is 13.1. The first-order chi connectivity index (χ1) is 11.7. The van der Waals surface area contributed by atoms with E-state index >= 15 is 0 Å². The zero-order valence-corrected chi connectivity index (χ0v) is 14.2. The Balaban J connectivity index is 2.23. The topological polar surface area (TPSA) is 41.1 Å². The van der Waals surface area contributed by atoms with Crippen molar-refractivity contribution in [3.05, 3.63) is 53.2 Å². The number of nitrogens with one attached hydrogen (secondary N) is 1. The lowest BCUT2D eigenvalue weighted by atomic mass is 10.0. The summed E-state index contributed by atoms with van der Waals surface area (Å²) >= 11 is 0. The summed E-state index contributed by atoms with van der Waals surface area (Å²) in [6.45, 7) is 1.98. The number of nitrogens with zero attached hydrogens (tertiary/aromatic N) is 3. The molecule has 0 bridgehead atoms. The van der Waals surface area contributed by atoms with Gasteiger partial charge in [0.15, 0.2) is 11.6 Å². The maximum absolute atomic E-state index is 14.2. The lowest BCUT2D eigenvalue weighted by molar-refractivity contribution is -0.137. The molecule has 1 aromatic carbocycles. The fourth-order valence-corrected chi connectivity index (χ4v) is 2.49. The molecule has 0 radical (unpaired) electrons. The van der Waals surface area contributed by atoms with Gasteiger partial charge >= 0.3 is 6.18 Å². The van der Waals surface area contributed by atoms with E-state index in [4.69, 9.17) is 0 Å². The van der Waals surface area contributed by atoms with Crippen molar-refractivity contribution in [1.82, 2.24) is 14.9 Å². The van der Waals surface area contributed by atoms with E-state index in [1.165, 1.54) is 12.4 Å². The number of hydrogen-bond acceptors (Lipinski definition) is 4. The highest BCUT2D eigenvalue weighted by molar-refractivity contribution is 5.38. The Morgan fingerprint density at radius 2 is 1.92 bits per heavy atom. The van der Waals surface area contributed by atoms with E-state index in [-0.39, 0.29) is 24.1 Å². The Morgan fingerprint density at radius 1 is 1.20 bits per heavy atom. The van der Waals surface area contributed by atoms with Crippen molar-refractivity contribution in [3.8, 4) is 0 Å². The SMILES string of the molecule is CCc1ncnc(NCC(c2cccc(C(F)(F)F)c2)N(C)C)c1F. The van der Waals surface area contributed by atoms with E-state index < -0.39 is 17.6 Å². The molecule has 0 saturated heterocycles. The monoisotopic (exact) mass is 356 g/mol. The van der Waals surface area contributed by atoms with Gasteiger partial charge < -0.3 is 10.2 Å². The standard InChI is InChI=1S/C17H20F4N4/c1-4-13-15(18)16(24-10-23-13)22-9-14(25(2)3)11-6-5-7-12(8-11)17(19,20)21/h5-8,10,14H,4,9H2,1-3H3,(H,22,23,24). The average molecular weight is 356 g/mol. The Hall–Kier alpha value is -2.22. The van der Waals surface area contributed by atoms with Crippen molar-refractivity contribution in [1.29, 1.82) is 0 Å². The van der Waals surface area contributed by atoms with Crippen molar-refractivity contribution in [2.75, 3.05) is 26.0 Å². The average Bonchev–Trinajstić information content (AvgIpc) is 2.55. The number of aromatic nitrogens is 2. The minimum atomic E-state index is -4.41. The maximum Gasteiger partial charge on any atom is 0.416 e. The minimum Gasteiger partial charge on any atom is -0.366 e. The highest BCUT2D eigenvalue weighted by Gasteiger charge is 2.31. The van der Waals surface area contributed by atoms with Crippen molar-refractivity contribution < 1.29 is 17.6 Å². The van der Waals surface area contributed by atoms with Crippen LogP contribution < -0.4 is 5.32 Å². The van der Waals surface area contributed by atoms with Crippen LogP contribution >= 0.6 is 0 Å². The Bertz CT molecular complexity index is 716. The molecule has 0 aliphatic carbocycles. The van der Waals surface area contributed by atoms with Crippen molar-refractivity contribution >= 4 is 5.82 Å². The highest BCUT2D eigenvalue weighted by atomic mass is 19.4. The summed E-state index contributed by atoms with van der Waals surface area (Å²) < 4.78 is 53.0. The number of benzene rings is 1. The van der Waals surface area contributed by atoms with Crippen LogP contribution in [0.4, 0.5) is 23.4 Å². The minimum absolute atomic E-state index is 0.0469. The first-order valence-corrected chi connectivity index (χ1v) is 7.80. The van der Waals surface area contributed by atoms with E-state index in [2.05, 4.69) is 15.3 Å². The number of likely N-dealkylation sites (N-methyl/N-ethyl adjacent to an activating group) is 1. The van der Waals surface area contributed by atoms with Gasteiger partial charge in [-0.2, -0.15) is 13.2 Å². The van der Waals surface area contributed by atoms with Gasteiger partial charge in [0.25, 0.3) is 0 Å². The second-order valence-corrected chi connectivity index (χ2v) is 5.82. The van der Waals surface area contributed by atoms with Gasteiger partial charge in [0.05, 0.1) is 17.3 Å². The molecule has 0 spiro atoms. The molecule has 25 heavy (non-hydrogen) atoms. The predicted molar refractivity (Wildman–Crippen MR) is 87.7 cm³/mol. The van der Waals surface area contributed by atoms with Crippen LogP contribution in [0.2, 0.25) is 0 Å². The Kier molecular flexibility index (Phi) is 5.94. The Morgan fingerprint density at radius 3 is 2.52 bits per heavy atom. The van der Waals surface area contributed by atoms with E-state index in [9.17, 15) is 17.6 Å². The van der Waals surface area contributed by atoms with Crippen LogP contribution in [0.25, 0.3) is 0 Å². The molecule has 0 saturated carbocycles. The second kappa shape index (κ2) is 7.77. The number of alkyl halides is 3. The highest BCUT2D eigenvalue weighted by Crippen LogP contribution is 2.31. The molecule has 1 atom stereocenters. The molecule has 1 N–H and O–H groups in total. The third-order valence-electron chi connectivity index (χ3n) is 3.88. The fraction of sp³-hybridized carbons (Fsp3) is 0.412. The van der Waals surface area contributed by atoms with Gasteiger partial charge in [0, 0.05) is 6.54 Å². The Labute approximate surface area is 143 Å². The zero-order valence-electron chi connectivity index (χ0n) is 14.2. The lowest BCUT2D eigenvalue weighted by Crippen LogP contribution is -2.27. The molecule has 0 aliphatic rings. The summed E-state index contributed by atoms with van der Waals surface area (Å²) in [7, 11) is 3.50. The van der Waals surface area contributed by atoms with E-state index in [0.29, 0.717) is 12.0 Å². The quantitative estimate of drug-likeness (QED) is 0.797. The van der Waals surface area contributed by atoms with E-state index in [0.717, 1.165) is 12.1 Å². The molecule has 136 valence electrons. The number of rotatable bonds is 6. The van der Waals surface area contributed by atoms with E-state index in [1.807, 2.05) is 0 Å². The van der Waals surface area contributed by atoms with Crippen LogP contribution in [0.3, 0.4) is 0 Å². The molecular formula is C17H20F4N4. The van der Waals surface area contributed by atoms with Gasteiger partial charge in [-0.25, -0.2) is 14.4 Å². The van der Waals surface area contributed by atoms with Crippen molar-refractivity contribution in [2.45, 2.75) is 25.6 Å².